The summed E-state index contributed by atoms with van der Waals surface area (Å²) in [6.07, 6.45) is -6.05. The molecule has 1 fully saturated rings. The number of phenols is 1. The fourth-order valence-corrected chi connectivity index (χ4v) is 8.57. The molecule has 6 unspecified atom stereocenters. The molecule has 0 spiro atoms. The van der Waals surface area contributed by atoms with Crippen molar-refractivity contribution in [1.29, 1.82) is 0 Å². The molecule has 3 heterocycles. The number of carboxylic acids is 1. The van der Waals surface area contributed by atoms with Gasteiger partial charge in [0.1, 0.15) is 41.5 Å². The molecule has 2 aromatic carbocycles. The molecule has 19 nitrogen and oxygen atoms in total. The molecule has 0 amide bonds. The Balaban J connectivity index is 1.04. The van der Waals surface area contributed by atoms with Gasteiger partial charge in [0.25, 0.3) is 5.56 Å². The first kappa shape index (κ1) is 41.0. The second-order valence-electron chi connectivity index (χ2n) is 12.6. The number of hydrogen-bond acceptors (Lipinski definition) is 15. The van der Waals surface area contributed by atoms with E-state index in [0.717, 1.165) is 6.07 Å². The van der Waals surface area contributed by atoms with Gasteiger partial charge in [-0.2, -0.15) is 4.31 Å². The molecule has 8 N–H and O–H groups in total. The van der Waals surface area contributed by atoms with Gasteiger partial charge < -0.3 is 44.4 Å². The number of aromatic carboxylic acids is 1. The van der Waals surface area contributed by atoms with Crippen molar-refractivity contribution >= 4 is 49.7 Å². The number of aromatic nitrogens is 2. The topological polar surface area (TPSA) is 305 Å². The van der Waals surface area contributed by atoms with Crippen LogP contribution in [0.3, 0.4) is 0 Å². The number of phenolic OH excluding ortho intramolecular Hbond substituents is 1. The third kappa shape index (κ3) is 9.46. The molecular weight excluding hydrogens is 802 g/mol. The normalized spacial score (nSPS) is 20.5. The van der Waals surface area contributed by atoms with Crippen LogP contribution >= 0.6 is 27.9 Å². The van der Waals surface area contributed by atoms with Gasteiger partial charge >= 0.3 is 27.3 Å². The summed E-state index contributed by atoms with van der Waals surface area (Å²) >= 11 is 5.45. The standard InChI is InChI=1S/C34H32N2O17P2S/c37-17-4-7-21-25(12-17)51-26-13-18(38)5-8-22(26)29(21)20-6-3-16(11-23(20)33(42)43)10-19(56)2-1-9-49-54(45,46)53-55(47,48)50-15-27-30(40)31(41)32(52-27)24-14-28(39)36-34(44)35-24/h3-8,11-14,27,30-32,37,40-41H,1-2,9-10,15H2,(H,42,43)(H,45,46)(H,47,48)(H2,35,36,39,44). The maximum atomic E-state index is 12.5. The lowest BCUT2D eigenvalue weighted by molar-refractivity contribution is -0.0237. The van der Waals surface area contributed by atoms with Gasteiger partial charge in [-0.05, 0) is 59.2 Å². The highest BCUT2D eigenvalue weighted by Crippen LogP contribution is 2.60. The lowest BCUT2D eigenvalue weighted by Gasteiger charge is -2.19. The largest absolute Gasteiger partial charge is 0.508 e. The minimum absolute atomic E-state index is 0.0407. The van der Waals surface area contributed by atoms with Crippen molar-refractivity contribution < 1.29 is 66.6 Å². The highest BCUT2D eigenvalue weighted by Gasteiger charge is 2.46. The van der Waals surface area contributed by atoms with Crippen LogP contribution in [0.5, 0.6) is 5.75 Å². The lowest BCUT2D eigenvalue weighted by atomic mass is 9.89. The van der Waals surface area contributed by atoms with E-state index in [-0.39, 0.29) is 53.0 Å². The van der Waals surface area contributed by atoms with Crippen LogP contribution in [-0.2, 0) is 33.6 Å². The number of aromatic hydroxyl groups is 1. The smallest absolute Gasteiger partial charge is 0.481 e. The Bertz CT molecular complexity index is 2540. The average molecular weight is 835 g/mol. The average Bonchev–Trinajstić information content (AvgIpc) is 3.39. The maximum Gasteiger partial charge on any atom is 0.481 e. The van der Waals surface area contributed by atoms with E-state index >= 15 is 0 Å². The zero-order chi connectivity index (χ0) is 40.5. The number of thiocarbonyl (C=S) groups is 1. The first-order valence-corrected chi connectivity index (χ1v) is 19.9. The molecule has 1 aliphatic carbocycles. The number of phosphoric acid groups is 2. The number of carbonyl (C=O) groups is 1. The third-order valence-corrected chi connectivity index (χ3v) is 11.6. The van der Waals surface area contributed by atoms with Crippen molar-refractivity contribution in [2.24, 2.45) is 0 Å². The number of aromatic amines is 2. The predicted octanol–water partition coefficient (Wildman–Crippen LogP) is 3.15. The quantitative estimate of drug-likeness (QED) is 0.0325. The second-order valence-corrected chi connectivity index (χ2v) is 16.2. The van der Waals surface area contributed by atoms with E-state index in [0.29, 0.717) is 32.5 Å². The molecule has 6 atom stereocenters. The van der Waals surface area contributed by atoms with Gasteiger partial charge in [-0.3, -0.25) is 23.6 Å². The van der Waals surface area contributed by atoms with Crippen molar-refractivity contribution in [1.82, 2.24) is 9.97 Å². The Morgan fingerprint density at radius 3 is 2.36 bits per heavy atom. The molecule has 0 radical (unpaired) electrons. The molecule has 0 saturated carbocycles. The Labute approximate surface area is 319 Å². The second kappa shape index (κ2) is 16.4. The van der Waals surface area contributed by atoms with E-state index in [1.54, 1.807) is 18.2 Å². The molecule has 22 heteroatoms. The van der Waals surface area contributed by atoms with Gasteiger partial charge in [-0.15, -0.1) is 0 Å². The number of aliphatic hydroxyl groups is 2. The number of fused-ring (bicyclic) bond motifs is 2. The molecule has 3 aliphatic rings. The minimum Gasteiger partial charge on any atom is -0.508 e. The number of benzene rings is 3. The summed E-state index contributed by atoms with van der Waals surface area (Å²) in [7, 11) is -10.5. The van der Waals surface area contributed by atoms with E-state index in [4.69, 9.17) is 25.9 Å². The van der Waals surface area contributed by atoms with Gasteiger partial charge in [0.15, 0.2) is 5.43 Å². The molecular formula is C34H32N2O17P2S. The number of hydrogen-bond donors (Lipinski definition) is 8. The maximum absolute atomic E-state index is 12.5. The Kier molecular flexibility index (Phi) is 12.0. The zero-order valence-electron chi connectivity index (χ0n) is 28.6. The molecule has 56 heavy (non-hydrogen) atoms. The number of nitrogens with one attached hydrogen (secondary N) is 2. The Morgan fingerprint density at radius 2 is 1.62 bits per heavy atom. The van der Waals surface area contributed by atoms with Gasteiger partial charge in [0.2, 0.25) is 0 Å². The van der Waals surface area contributed by atoms with E-state index in [1.165, 1.54) is 36.4 Å². The van der Waals surface area contributed by atoms with Crippen LogP contribution < -0.4 is 16.7 Å². The van der Waals surface area contributed by atoms with Gasteiger partial charge in [0.05, 0.1) is 24.5 Å². The summed E-state index contributed by atoms with van der Waals surface area (Å²) in [5, 5.41) is 41.3. The summed E-state index contributed by atoms with van der Waals surface area (Å²) in [6, 6.07) is 14.1. The van der Waals surface area contributed by atoms with Crippen LogP contribution in [0.25, 0.3) is 33.4 Å². The molecule has 1 aromatic heterocycles. The molecule has 3 aromatic rings. The predicted molar refractivity (Wildman–Crippen MR) is 199 cm³/mol. The van der Waals surface area contributed by atoms with Crippen molar-refractivity contribution in [2.45, 2.75) is 43.7 Å². The molecule has 0 bridgehead atoms. The van der Waals surface area contributed by atoms with Crippen molar-refractivity contribution in [3.63, 3.8) is 0 Å². The first-order valence-electron chi connectivity index (χ1n) is 16.5. The number of rotatable bonds is 15. The van der Waals surface area contributed by atoms with Crippen LogP contribution in [0.1, 0.15) is 40.6 Å². The van der Waals surface area contributed by atoms with Crippen LogP contribution in [-0.4, -0.2) is 82.5 Å². The van der Waals surface area contributed by atoms with Crippen molar-refractivity contribution in [2.75, 3.05) is 13.2 Å². The van der Waals surface area contributed by atoms with Gasteiger partial charge in [-0.25, -0.2) is 18.7 Å². The first-order chi connectivity index (χ1) is 26.4. The summed E-state index contributed by atoms with van der Waals surface area (Å²) in [4.78, 5) is 72.4. The SMILES string of the molecule is O=C(O)c1cc(CC(=S)CCCOP(=O)(O)OP(=O)(O)OCC2OC(c3cc(=O)[nH]c(=O)[nH]3)C(O)C2O)ccc1-c1c2ccc(=O)cc-2oc2cc(O)ccc12. The number of aliphatic hydroxyl groups excluding tert-OH is 2. The van der Waals surface area contributed by atoms with Gasteiger partial charge in [0, 0.05) is 41.1 Å². The molecule has 6 rings (SSSR count). The lowest BCUT2D eigenvalue weighted by Crippen LogP contribution is -2.33. The molecule has 296 valence electrons. The Morgan fingerprint density at radius 1 is 0.893 bits per heavy atom. The van der Waals surface area contributed by atoms with Crippen LogP contribution in [0.15, 0.2) is 79.5 Å². The zero-order valence-corrected chi connectivity index (χ0v) is 31.2. The summed E-state index contributed by atoms with van der Waals surface area (Å²) in [5.41, 5.74) is -0.324. The van der Waals surface area contributed by atoms with E-state index in [2.05, 4.69) is 13.8 Å². The Hall–Kier alpha value is -4.69. The van der Waals surface area contributed by atoms with Crippen LogP contribution in [0, 0.1) is 0 Å². The number of H-pyrrole nitrogens is 2. The van der Waals surface area contributed by atoms with Crippen molar-refractivity contribution in [3.05, 3.63) is 109 Å². The fourth-order valence-electron chi connectivity index (χ4n) is 6.14. The van der Waals surface area contributed by atoms with Crippen LogP contribution in [0.4, 0.5) is 0 Å². The van der Waals surface area contributed by atoms with E-state index < -0.39 is 70.5 Å². The van der Waals surface area contributed by atoms with Crippen LogP contribution in [0.2, 0.25) is 0 Å². The van der Waals surface area contributed by atoms with Gasteiger partial charge in [-0.1, -0.05) is 24.4 Å². The summed E-state index contributed by atoms with van der Waals surface area (Å²) in [5.74, 6) is -1.15. The third-order valence-electron chi connectivity index (χ3n) is 8.57. The highest BCUT2D eigenvalue weighted by molar-refractivity contribution is 7.80. The summed E-state index contributed by atoms with van der Waals surface area (Å²) in [6.45, 7) is -1.41. The van der Waals surface area contributed by atoms with Crippen molar-refractivity contribution in [3.8, 4) is 28.2 Å². The molecule has 2 aliphatic heterocycles. The number of ether oxygens (including phenoxy) is 1. The molecule has 1 saturated heterocycles. The van der Waals surface area contributed by atoms with E-state index in [1.807, 2.05) is 4.98 Å². The summed E-state index contributed by atoms with van der Waals surface area (Å²) < 4.78 is 49.8. The highest BCUT2D eigenvalue weighted by atomic mass is 32.1. The number of phosphoric ester groups is 2. The minimum atomic E-state index is -5.33. The number of carboxylic acid groups (broad SMARTS) is 1. The fraction of sp³-hybridized carbons (Fsp3) is 0.265. The van der Waals surface area contributed by atoms with E-state index in [9.17, 15) is 58.5 Å². The monoisotopic (exact) mass is 834 g/mol.